The zero-order chi connectivity index (χ0) is 13.9. The molecule has 0 heterocycles. The number of nitrogens with two attached hydrogens (primary N) is 1. The number of anilines is 1. The SMILES string of the molecule is CS(=O)(=O)c1ccc(OC2CCCCCC2)c(N)c1. The minimum atomic E-state index is -3.22. The normalized spacial score (nSPS) is 17.9. The van der Waals surface area contributed by atoms with E-state index in [4.69, 9.17) is 10.5 Å². The molecule has 1 fully saturated rings. The van der Waals surface area contributed by atoms with E-state index in [2.05, 4.69) is 0 Å². The van der Waals surface area contributed by atoms with Gasteiger partial charge in [-0.25, -0.2) is 8.42 Å². The summed E-state index contributed by atoms with van der Waals surface area (Å²) in [6.07, 6.45) is 8.38. The van der Waals surface area contributed by atoms with Gasteiger partial charge in [-0.2, -0.15) is 0 Å². The van der Waals surface area contributed by atoms with E-state index in [1.807, 2.05) is 0 Å². The Morgan fingerprint density at radius 3 is 2.32 bits per heavy atom. The summed E-state index contributed by atoms with van der Waals surface area (Å²) in [6, 6.07) is 4.69. The average Bonchev–Trinajstić information content (AvgIpc) is 2.59. The van der Waals surface area contributed by atoms with Crippen molar-refractivity contribution in [3.8, 4) is 5.75 Å². The van der Waals surface area contributed by atoms with Crippen molar-refractivity contribution in [1.82, 2.24) is 0 Å². The Hall–Kier alpha value is -1.23. The fraction of sp³-hybridized carbons (Fsp3) is 0.571. The van der Waals surface area contributed by atoms with Crippen LogP contribution in [0.25, 0.3) is 0 Å². The first-order chi connectivity index (χ1) is 8.97. The zero-order valence-corrected chi connectivity index (χ0v) is 12.1. The van der Waals surface area contributed by atoms with Gasteiger partial charge in [0.2, 0.25) is 0 Å². The third kappa shape index (κ3) is 3.86. The van der Waals surface area contributed by atoms with Crippen LogP contribution in [0.5, 0.6) is 5.75 Å². The summed E-state index contributed by atoms with van der Waals surface area (Å²) in [5, 5.41) is 0. The number of ether oxygens (including phenoxy) is 1. The van der Waals surface area contributed by atoms with Crippen molar-refractivity contribution in [1.29, 1.82) is 0 Å². The molecule has 5 heteroatoms. The van der Waals surface area contributed by atoms with Crippen molar-refractivity contribution in [3.05, 3.63) is 18.2 Å². The summed E-state index contributed by atoms with van der Waals surface area (Å²) in [4.78, 5) is 0.234. The lowest BCUT2D eigenvalue weighted by Gasteiger charge is -2.18. The smallest absolute Gasteiger partial charge is 0.175 e. The molecule has 2 N–H and O–H groups in total. The Bertz CT molecular complexity index is 532. The van der Waals surface area contributed by atoms with Crippen LogP contribution in [0.2, 0.25) is 0 Å². The summed E-state index contributed by atoms with van der Waals surface area (Å²) < 4.78 is 28.8. The minimum absolute atomic E-state index is 0.203. The molecule has 0 aliphatic heterocycles. The van der Waals surface area contributed by atoms with E-state index in [1.54, 1.807) is 12.1 Å². The topological polar surface area (TPSA) is 69.4 Å². The standard InChI is InChI=1S/C14H21NO3S/c1-19(16,17)12-8-9-14(13(15)10-12)18-11-6-4-2-3-5-7-11/h8-11H,2-7,15H2,1H3. The summed E-state index contributed by atoms with van der Waals surface area (Å²) in [6.45, 7) is 0. The van der Waals surface area contributed by atoms with Crippen molar-refractivity contribution in [2.45, 2.75) is 49.5 Å². The van der Waals surface area contributed by atoms with Gasteiger partial charge < -0.3 is 10.5 Å². The molecule has 0 amide bonds. The maximum absolute atomic E-state index is 11.4. The van der Waals surface area contributed by atoms with Gasteiger partial charge in [-0.05, 0) is 43.9 Å². The molecule has 106 valence electrons. The molecule has 0 atom stereocenters. The second-order valence-corrected chi connectivity index (χ2v) is 7.22. The van der Waals surface area contributed by atoms with E-state index < -0.39 is 9.84 Å². The first kappa shape index (κ1) is 14.2. The predicted octanol–water partition coefficient (Wildman–Crippen LogP) is 2.77. The molecule has 0 aromatic heterocycles. The molecule has 19 heavy (non-hydrogen) atoms. The summed E-state index contributed by atoms with van der Waals surface area (Å²) in [7, 11) is -3.22. The molecule has 1 aromatic carbocycles. The lowest BCUT2D eigenvalue weighted by molar-refractivity contribution is 0.185. The molecular weight excluding hydrogens is 262 g/mol. The predicted molar refractivity (Wildman–Crippen MR) is 76.1 cm³/mol. The van der Waals surface area contributed by atoms with Gasteiger partial charge in [0.15, 0.2) is 9.84 Å². The highest BCUT2D eigenvalue weighted by atomic mass is 32.2. The van der Waals surface area contributed by atoms with Crippen molar-refractivity contribution >= 4 is 15.5 Å². The van der Waals surface area contributed by atoms with Crippen LogP contribution in [0.15, 0.2) is 23.1 Å². The number of hydrogen-bond donors (Lipinski definition) is 1. The van der Waals surface area contributed by atoms with E-state index in [0.29, 0.717) is 11.4 Å². The molecule has 0 bridgehead atoms. The Kier molecular flexibility index (Phi) is 4.34. The van der Waals surface area contributed by atoms with E-state index in [0.717, 1.165) is 12.8 Å². The Balaban J connectivity index is 2.12. The van der Waals surface area contributed by atoms with Gasteiger partial charge in [0.1, 0.15) is 5.75 Å². The molecule has 1 saturated carbocycles. The van der Waals surface area contributed by atoms with E-state index in [1.165, 1.54) is 38.0 Å². The highest BCUT2D eigenvalue weighted by Crippen LogP contribution is 2.29. The largest absolute Gasteiger partial charge is 0.488 e. The van der Waals surface area contributed by atoms with Gasteiger partial charge in [0.25, 0.3) is 0 Å². The number of nitrogen functional groups attached to an aromatic ring is 1. The zero-order valence-electron chi connectivity index (χ0n) is 11.3. The van der Waals surface area contributed by atoms with E-state index >= 15 is 0 Å². The van der Waals surface area contributed by atoms with Gasteiger partial charge in [0, 0.05) is 6.26 Å². The molecule has 1 aliphatic rings. The first-order valence-corrected chi connectivity index (χ1v) is 8.62. The van der Waals surface area contributed by atoms with Crippen molar-refractivity contribution in [2.24, 2.45) is 0 Å². The Labute approximate surface area is 114 Å². The van der Waals surface area contributed by atoms with Crippen LogP contribution in [0.1, 0.15) is 38.5 Å². The lowest BCUT2D eigenvalue weighted by atomic mass is 10.1. The molecule has 0 spiro atoms. The maximum atomic E-state index is 11.4. The van der Waals surface area contributed by atoms with Crippen LogP contribution < -0.4 is 10.5 Å². The molecule has 4 nitrogen and oxygen atoms in total. The molecular formula is C14H21NO3S. The van der Waals surface area contributed by atoms with E-state index in [9.17, 15) is 8.42 Å². The van der Waals surface area contributed by atoms with Gasteiger partial charge in [-0.15, -0.1) is 0 Å². The number of benzene rings is 1. The minimum Gasteiger partial charge on any atom is -0.488 e. The van der Waals surface area contributed by atoms with Crippen LogP contribution in [-0.2, 0) is 9.84 Å². The third-order valence-electron chi connectivity index (χ3n) is 3.51. The fourth-order valence-electron chi connectivity index (χ4n) is 2.40. The van der Waals surface area contributed by atoms with Gasteiger partial charge in [0.05, 0.1) is 16.7 Å². The summed E-state index contributed by atoms with van der Waals surface area (Å²) in [5.74, 6) is 0.597. The summed E-state index contributed by atoms with van der Waals surface area (Å²) in [5.41, 5.74) is 6.28. The monoisotopic (exact) mass is 283 g/mol. The number of sulfone groups is 1. The van der Waals surface area contributed by atoms with Crippen molar-refractivity contribution < 1.29 is 13.2 Å². The van der Waals surface area contributed by atoms with E-state index in [-0.39, 0.29) is 11.0 Å². The lowest BCUT2D eigenvalue weighted by Crippen LogP contribution is -2.16. The Morgan fingerprint density at radius 2 is 1.79 bits per heavy atom. The van der Waals surface area contributed by atoms with Crippen LogP contribution >= 0.6 is 0 Å². The second-order valence-electron chi connectivity index (χ2n) is 5.20. The molecule has 1 aromatic rings. The highest BCUT2D eigenvalue weighted by Gasteiger charge is 2.16. The van der Waals surface area contributed by atoms with Crippen molar-refractivity contribution in [3.63, 3.8) is 0 Å². The molecule has 0 radical (unpaired) electrons. The second kappa shape index (κ2) is 5.82. The fourth-order valence-corrected chi connectivity index (χ4v) is 3.06. The highest BCUT2D eigenvalue weighted by molar-refractivity contribution is 7.90. The van der Waals surface area contributed by atoms with Crippen LogP contribution in [0.3, 0.4) is 0 Å². The molecule has 2 rings (SSSR count). The van der Waals surface area contributed by atoms with Gasteiger partial charge >= 0.3 is 0 Å². The van der Waals surface area contributed by atoms with Crippen LogP contribution in [0, 0.1) is 0 Å². The first-order valence-electron chi connectivity index (χ1n) is 6.73. The third-order valence-corrected chi connectivity index (χ3v) is 4.62. The quantitative estimate of drug-likeness (QED) is 0.684. The molecule has 0 unspecified atom stereocenters. The van der Waals surface area contributed by atoms with Gasteiger partial charge in [-0.1, -0.05) is 12.8 Å². The Morgan fingerprint density at radius 1 is 1.16 bits per heavy atom. The van der Waals surface area contributed by atoms with Crippen LogP contribution in [0.4, 0.5) is 5.69 Å². The van der Waals surface area contributed by atoms with Crippen LogP contribution in [-0.4, -0.2) is 20.8 Å². The molecule has 1 aliphatic carbocycles. The van der Waals surface area contributed by atoms with Gasteiger partial charge in [-0.3, -0.25) is 0 Å². The molecule has 0 saturated heterocycles. The maximum Gasteiger partial charge on any atom is 0.175 e. The number of hydrogen-bond acceptors (Lipinski definition) is 4. The number of rotatable bonds is 3. The summed E-state index contributed by atoms with van der Waals surface area (Å²) >= 11 is 0. The average molecular weight is 283 g/mol. The van der Waals surface area contributed by atoms with Crippen molar-refractivity contribution in [2.75, 3.05) is 12.0 Å².